The topological polar surface area (TPSA) is 75.1 Å². The fraction of sp³-hybridized carbons (Fsp3) is 0.233. The van der Waals surface area contributed by atoms with Crippen LogP contribution in [0.5, 0.6) is 0 Å². The SMILES string of the molecule is CC(O)C(F)(F)c1ccc(CC(=O)Cc2ccc(-c3nccnc3N[C@@H](C)c3ccc(Cl)cc3)cc2)cc1. The van der Waals surface area contributed by atoms with E-state index in [9.17, 15) is 18.7 Å². The van der Waals surface area contributed by atoms with Gasteiger partial charge in [0.2, 0.25) is 0 Å². The van der Waals surface area contributed by atoms with Gasteiger partial charge in [-0.05, 0) is 42.7 Å². The van der Waals surface area contributed by atoms with Gasteiger partial charge in [0, 0.05) is 41.4 Å². The van der Waals surface area contributed by atoms with Crippen LogP contribution in [0.2, 0.25) is 5.02 Å². The molecule has 2 atom stereocenters. The molecule has 38 heavy (non-hydrogen) atoms. The zero-order chi connectivity index (χ0) is 27.3. The Balaban J connectivity index is 1.40. The van der Waals surface area contributed by atoms with Crippen LogP contribution in [-0.2, 0) is 23.6 Å². The number of benzene rings is 3. The molecule has 8 heteroatoms. The van der Waals surface area contributed by atoms with Gasteiger partial charge in [-0.15, -0.1) is 0 Å². The molecule has 4 rings (SSSR count). The maximum Gasteiger partial charge on any atom is 0.298 e. The molecule has 2 N–H and O–H groups in total. The number of rotatable bonds is 10. The average Bonchev–Trinajstić information content (AvgIpc) is 2.90. The molecule has 0 amide bonds. The van der Waals surface area contributed by atoms with Crippen molar-refractivity contribution in [3.8, 4) is 11.3 Å². The number of aromatic nitrogens is 2. The van der Waals surface area contributed by atoms with Crippen LogP contribution in [0.15, 0.2) is 85.2 Å². The summed E-state index contributed by atoms with van der Waals surface area (Å²) in [6, 6.07) is 20.6. The van der Waals surface area contributed by atoms with E-state index >= 15 is 0 Å². The molecule has 0 aliphatic heterocycles. The number of carbonyl (C=O) groups excluding carboxylic acids is 1. The Labute approximate surface area is 225 Å². The van der Waals surface area contributed by atoms with Crippen LogP contribution in [-0.4, -0.2) is 27.0 Å². The number of aliphatic hydroxyl groups excluding tert-OH is 1. The number of ketones is 1. The molecule has 0 aliphatic rings. The number of hydrogen-bond acceptors (Lipinski definition) is 5. The van der Waals surface area contributed by atoms with E-state index in [2.05, 4.69) is 15.3 Å². The maximum absolute atomic E-state index is 14.0. The van der Waals surface area contributed by atoms with E-state index in [1.165, 1.54) is 24.3 Å². The highest BCUT2D eigenvalue weighted by Crippen LogP contribution is 2.32. The van der Waals surface area contributed by atoms with Crippen molar-refractivity contribution in [2.75, 3.05) is 5.32 Å². The molecule has 5 nitrogen and oxygen atoms in total. The second-order valence-corrected chi connectivity index (χ2v) is 9.69. The summed E-state index contributed by atoms with van der Waals surface area (Å²) in [7, 11) is 0. The van der Waals surface area contributed by atoms with Crippen molar-refractivity contribution in [3.05, 3.63) is 112 Å². The van der Waals surface area contributed by atoms with Gasteiger partial charge in [-0.25, -0.2) is 4.98 Å². The van der Waals surface area contributed by atoms with Crippen molar-refractivity contribution in [2.45, 2.75) is 44.8 Å². The molecule has 0 saturated heterocycles. The van der Waals surface area contributed by atoms with Crippen molar-refractivity contribution in [1.29, 1.82) is 0 Å². The van der Waals surface area contributed by atoms with E-state index in [0.717, 1.165) is 23.6 Å². The molecule has 0 bridgehead atoms. The molecule has 0 saturated carbocycles. The molecule has 0 radical (unpaired) electrons. The second kappa shape index (κ2) is 11.8. The molecule has 0 spiro atoms. The number of carbonyl (C=O) groups is 1. The van der Waals surface area contributed by atoms with Gasteiger partial charge in [0.15, 0.2) is 5.82 Å². The van der Waals surface area contributed by atoms with Gasteiger partial charge < -0.3 is 10.4 Å². The van der Waals surface area contributed by atoms with Gasteiger partial charge in [-0.2, -0.15) is 8.78 Å². The number of alkyl halides is 2. The smallest absolute Gasteiger partial charge is 0.298 e. The molecular formula is C30H28ClF2N3O2. The predicted octanol–water partition coefficient (Wildman–Crippen LogP) is 6.80. The van der Waals surface area contributed by atoms with Crippen molar-refractivity contribution in [1.82, 2.24) is 9.97 Å². The molecule has 0 fully saturated rings. The zero-order valence-electron chi connectivity index (χ0n) is 21.0. The van der Waals surface area contributed by atoms with E-state index in [-0.39, 0.29) is 30.2 Å². The summed E-state index contributed by atoms with van der Waals surface area (Å²) < 4.78 is 27.9. The lowest BCUT2D eigenvalue weighted by atomic mass is 9.98. The lowest BCUT2D eigenvalue weighted by Gasteiger charge is -2.19. The monoisotopic (exact) mass is 535 g/mol. The lowest BCUT2D eigenvalue weighted by Crippen LogP contribution is -2.27. The number of aliphatic hydroxyl groups is 1. The first-order valence-corrected chi connectivity index (χ1v) is 12.6. The van der Waals surface area contributed by atoms with E-state index in [1.807, 2.05) is 55.5 Å². The summed E-state index contributed by atoms with van der Waals surface area (Å²) in [5, 5.41) is 13.4. The van der Waals surface area contributed by atoms with Crippen LogP contribution >= 0.6 is 11.6 Å². The minimum atomic E-state index is -3.34. The Kier molecular flexibility index (Phi) is 8.49. The van der Waals surface area contributed by atoms with Crippen LogP contribution in [0, 0.1) is 0 Å². The van der Waals surface area contributed by atoms with Crippen LogP contribution in [0.1, 0.15) is 42.1 Å². The summed E-state index contributed by atoms with van der Waals surface area (Å²) >= 11 is 6.00. The first kappa shape index (κ1) is 27.4. The van der Waals surface area contributed by atoms with Crippen molar-refractivity contribution >= 4 is 23.2 Å². The number of Topliss-reactive ketones (excluding diaryl/α,β-unsaturated/α-hetero) is 1. The molecule has 1 heterocycles. The number of halogens is 3. The van der Waals surface area contributed by atoms with Gasteiger partial charge in [0.1, 0.15) is 17.6 Å². The highest BCUT2D eigenvalue weighted by Gasteiger charge is 2.37. The lowest BCUT2D eigenvalue weighted by molar-refractivity contribution is -0.117. The van der Waals surface area contributed by atoms with Crippen LogP contribution in [0.25, 0.3) is 11.3 Å². The largest absolute Gasteiger partial charge is 0.387 e. The minimum Gasteiger partial charge on any atom is -0.387 e. The first-order chi connectivity index (χ1) is 18.1. The summed E-state index contributed by atoms with van der Waals surface area (Å²) in [5.74, 6) is -2.73. The van der Waals surface area contributed by atoms with Crippen LogP contribution in [0.4, 0.5) is 14.6 Å². The third-order valence-electron chi connectivity index (χ3n) is 6.31. The van der Waals surface area contributed by atoms with Crippen molar-refractivity contribution in [3.63, 3.8) is 0 Å². The van der Waals surface area contributed by atoms with Crippen molar-refractivity contribution < 1.29 is 18.7 Å². The Morgan fingerprint density at radius 3 is 2.03 bits per heavy atom. The Morgan fingerprint density at radius 1 is 0.895 bits per heavy atom. The highest BCUT2D eigenvalue weighted by molar-refractivity contribution is 6.30. The molecule has 3 aromatic carbocycles. The Bertz CT molecular complexity index is 1380. The van der Waals surface area contributed by atoms with Gasteiger partial charge in [0.25, 0.3) is 5.92 Å². The fourth-order valence-corrected chi connectivity index (χ4v) is 4.21. The van der Waals surface area contributed by atoms with E-state index in [1.54, 1.807) is 12.4 Å². The van der Waals surface area contributed by atoms with Crippen LogP contribution < -0.4 is 5.32 Å². The summed E-state index contributed by atoms with van der Waals surface area (Å²) in [6.45, 7) is 3.08. The summed E-state index contributed by atoms with van der Waals surface area (Å²) in [6.07, 6.45) is 1.81. The second-order valence-electron chi connectivity index (χ2n) is 9.26. The van der Waals surface area contributed by atoms with Crippen LogP contribution in [0.3, 0.4) is 0 Å². The van der Waals surface area contributed by atoms with Gasteiger partial charge >= 0.3 is 0 Å². The normalized spacial score (nSPS) is 13.1. The number of anilines is 1. The third-order valence-corrected chi connectivity index (χ3v) is 6.57. The molecule has 4 aromatic rings. The van der Waals surface area contributed by atoms with Crippen molar-refractivity contribution in [2.24, 2.45) is 0 Å². The van der Waals surface area contributed by atoms with Gasteiger partial charge in [-0.3, -0.25) is 9.78 Å². The first-order valence-electron chi connectivity index (χ1n) is 12.2. The average molecular weight is 536 g/mol. The Hall–Kier alpha value is -3.68. The molecule has 196 valence electrons. The summed E-state index contributed by atoms with van der Waals surface area (Å²) in [5.41, 5.74) is 3.81. The van der Waals surface area contributed by atoms with E-state index in [0.29, 0.717) is 22.1 Å². The van der Waals surface area contributed by atoms with Gasteiger partial charge in [-0.1, -0.05) is 72.3 Å². The quantitative estimate of drug-likeness (QED) is 0.234. The molecule has 1 aromatic heterocycles. The van der Waals surface area contributed by atoms with E-state index in [4.69, 9.17) is 11.6 Å². The molecule has 0 aliphatic carbocycles. The zero-order valence-corrected chi connectivity index (χ0v) is 21.8. The maximum atomic E-state index is 14.0. The molecule has 1 unspecified atom stereocenters. The third kappa shape index (κ3) is 6.60. The fourth-order valence-electron chi connectivity index (χ4n) is 4.08. The standard InChI is InChI=1S/C30H28ClF2N3O2/c1-19(23-9-13-26(31)14-10-23)36-29-28(34-15-16-35-29)24-7-3-21(4-8-24)17-27(38)18-22-5-11-25(12-6-22)30(32,33)20(2)37/h3-16,19-20,37H,17-18H2,1-2H3,(H,35,36)/t19-,20?/m0/s1. The predicted molar refractivity (Wildman–Crippen MR) is 145 cm³/mol. The highest BCUT2D eigenvalue weighted by atomic mass is 35.5. The Morgan fingerprint density at radius 2 is 1.45 bits per heavy atom. The minimum absolute atomic E-state index is 0.0213. The summed E-state index contributed by atoms with van der Waals surface area (Å²) in [4.78, 5) is 21.6. The number of hydrogen-bond donors (Lipinski definition) is 2. The number of nitrogens with zero attached hydrogens (tertiary/aromatic N) is 2. The molecular weight excluding hydrogens is 508 g/mol. The van der Waals surface area contributed by atoms with Gasteiger partial charge in [0.05, 0.1) is 6.04 Å². The number of nitrogens with one attached hydrogen (secondary N) is 1. The van der Waals surface area contributed by atoms with E-state index < -0.39 is 12.0 Å².